The Bertz CT molecular complexity index is 971. The van der Waals surface area contributed by atoms with E-state index in [9.17, 15) is 9.59 Å². The maximum absolute atomic E-state index is 12.7. The molecule has 0 unspecified atom stereocenters. The molecule has 1 saturated heterocycles. The van der Waals surface area contributed by atoms with Gasteiger partial charge in [0, 0.05) is 49.0 Å². The van der Waals surface area contributed by atoms with E-state index in [0.717, 1.165) is 34.1 Å². The van der Waals surface area contributed by atoms with Crippen LogP contribution in [0.3, 0.4) is 0 Å². The third-order valence-electron chi connectivity index (χ3n) is 4.89. The Morgan fingerprint density at radius 1 is 1.21 bits per heavy atom. The summed E-state index contributed by atoms with van der Waals surface area (Å²) in [5.74, 6) is 0.926. The van der Waals surface area contributed by atoms with E-state index in [4.69, 9.17) is 9.72 Å². The van der Waals surface area contributed by atoms with Gasteiger partial charge in [0.2, 0.25) is 12.3 Å². The summed E-state index contributed by atoms with van der Waals surface area (Å²) in [6.07, 6.45) is 3.16. The van der Waals surface area contributed by atoms with Crippen LogP contribution in [0, 0.1) is 0 Å². The van der Waals surface area contributed by atoms with Gasteiger partial charge in [-0.15, -0.1) is 11.3 Å². The highest BCUT2D eigenvalue weighted by Gasteiger charge is 2.21. The van der Waals surface area contributed by atoms with E-state index < -0.39 is 0 Å². The Morgan fingerprint density at radius 2 is 1.96 bits per heavy atom. The number of imidazole rings is 1. The zero-order chi connectivity index (χ0) is 19.5. The average Bonchev–Trinajstić information content (AvgIpc) is 3.31. The minimum absolute atomic E-state index is 0.0848. The van der Waals surface area contributed by atoms with Crippen LogP contribution in [0.1, 0.15) is 12.6 Å². The highest BCUT2D eigenvalue weighted by atomic mass is 32.1. The molecule has 0 N–H and O–H groups in total. The SMILES string of the molecule is CCOc1ccc(-c2cn3c(CC(=O)N4CCN(C=O)CC4)csc3n2)cc1. The largest absolute Gasteiger partial charge is 0.494 e. The Morgan fingerprint density at radius 3 is 2.64 bits per heavy atom. The number of hydrogen-bond acceptors (Lipinski definition) is 5. The topological polar surface area (TPSA) is 67.2 Å². The van der Waals surface area contributed by atoms with Gasteiger partial charge in [-0.1, -0.05) is 0 Å². The number of ether oxygens (including phenoxy) is 1. The summed E-state index contributed by atoms with van der Waals surface area (Å²) in [7, 11) is 0. The van der Waals surface area contributed by atoms with Crippen LogP contribution in [0.15, 0.2) is 35.8 Å². The summed E-state index contributed by atoms with van der Waals surface area (Å²) in [6.45, 7) is 4.98. The van der Waals surface area contributed by atoms with Gasteiger partial charge in [0.1, 0.15) is 5.75 Å². The molecule has 1 fully saturated rings. The quantitative estimate of drug-likeness (QED) is 0.598. The Labute approximate surface area is 167 Å². The van der Waals surface area contributed by atoms with Crippen LogP contribution in [-0.2, 0) is 16.0 Å². The molecule has 1 aliphatic heterocycles. The first kappa shape index (κ1) is 18.5. The lowest BCUT2D eigenvalue weighted by molar-refractivity contribution is -0.134. The molecule has 7 nitrogen and oxygen atoms in total. The molecule has 0 bridgehead atoms. The number of piperazine rings is 1. The highest BCUT2D eigenvalue weighted by Crippen LogP contribution is 2.26. The molecular formula is C20H22N4O3S. The molecule has 0 atom stereocenters. The van der Waals surface area contributed by atoms with E-state index in [0.29, 0.717) is 39.2 Å². The fourth-order valence-electron chi connectivity index (χ4n) is 3.33. The molecule has 0 saturated carbocycles. The van der Waals surface area contributed by atoms with Crippen LogP contribution in [0.5, 0.6) is 5.75 Å². The van der Waals surface area contributed by atoms with Crippen LogP contribution in [0.25, 0.3) is 16.2 Å². The van der Waals surface area contributed by atoms with Crippen molar-refractivity contribution in [2.45, 2.75) is 13.3 Å². The summed E-state index contributed by atoms with van der Waals surface area (Å²) in [5, 5.41) is 1.99. The lowest BCUT2D eigenvalue weighted by Crippen LogP contribution is -2.48. The number of hydrogen-bond donors (Lipinski definition) is 0. The van der Waals surface area contributed by atoms with Gasteiger partial charge in [-0.2, -0.15) is 0 Å². The van der Waals surface area contributed by atoms with E-state index in [1.807, 2.05) is 52.1 Å². The van der Waals surface area contributed by atoms with E-state index >= 15 is 0 Å². The summed E-state index contributed by atoms with van der Waals surface area (Å²) in [4.78, 5) is 32.6. The van der Waals surface area contributed by atoms with Gasteiger partial charge in [-0.3, -0.25) is 14.0 Å². The molecule has 2 aromatic heterocycles. The van der Waals surface area contributed by atoms with Crippen molar-refractivity contribution in [2.75, 3.05) is 32.8 Å². The van der Waals surface area contributed by atoms with Gasteiger partial charge >= 0.3 is 0 Å². The second-order valence-electron chi connectivity index (χ2n) is 6.66. The van der Waals surface area contributed by atoms with Crippen molar-refractivity contribution in [2.24, 2.45) is 0 Å². The molecule has 2 amide bonds. The van der Waals surface area contributed by atoms with E-state index in [2.05, 4.69) is 0 Å². The fraction of sp³-hybridized carbons (Fsp3) is 0.350. The zero-order valence-corrected chi connectivity index (χ0v) is 16.5. The van der Waals surface area contributed by atoms with Gasteiger partial charge in [0.05, 0.1) is 18.7 Å². The van der Waals surface area contributed by atoms with E-state index in [-0.39, 0.29) is 5.91 Å². The number of aromatic nitrogens is 2. The highest BCUT2D eigenvalue weighted by molar-refractivity contribution is 7.15. The predicted octanol–water partition coefficient (Wildman–Crippen LogP) is 2.30. The smallest absolute Gasteiger partial charge is 0.228 e. The van der Waals surface area contributed by atoms with Crippen molar-refractivity contribution in [1.82, 2.24) is 19.2 Å². The number of carbonyl (C=O) groups excluding carboxylic acids is 2. The average molecular weight is 398 g/mol. The summed E-state index contributed by atoms with van der Waals surface area (Å²) < 4.78 is 7.48. The van der Waals surface area contributed by atoms with E-state index in [1.165, 1.54) is 11.3 Å². The standard InChI is InChI=1S/C20H22N4O3S/c1-2-27-17-5-3-15(4-6-17)18-12-24-16(13-28-20(24)21-18)11-19(26)23-9-7-22(14-25)8-10-23/h3-6,12-14H,2,7-11H2,1H3. The molecule has 0 spiro atoms. The molecule has 146 valence electrons. The molecule has 3 aromatic rings. The monoisotopic (exact) mass is 398 g/mol. The number of thiazole rings is 1. The number of nitrogens with zero attached hydrogens (tertiary/aromatic N) is 4. The van der Waals surface area contributed by atoms with Gasteiger partial charge in [0.25, 0.3) is 0 Å². The normalized spacial score (nSPS) is 14.5. The van der Waals surface area contributed by atoms with Crippen LogP contribution < -0.4 is 4.74 Å². The maximum Gasteiger partial charge on any atom is 0.228 e. The minimum atomic E-state index is 0.0848. The van der Waals surface area contributed by atoms with Crippen molar-refractivity contribution < 1.29 is 14.3 Å². The third-order valence-corrected chi connectivity index (χ3v) is 5.78. The lowest BCUT2D eigenvalue weighted by atomic mass is 10.1. The number of amides is 2. The van der Waals surface area contributed by atoms with Crippen molar-refractivity contribution >= 4 is 28.6 Å². The van der Waals surface area contributed by atoms with Crippen LogP contribution in [0.2, 0.25) is 0 Å². The van der Waals surface area contributed by atoms with Crippen LogP contribution in [-0.4, -0.2) is 64.3 Å². The van der Waals surface area contributed by atoms with Crippen molar-refractivity contribution in [3.8, 4) is 17.0 Å². The van der Waals surface area contributed by atoms with Crippen LogP contribution >= 0.6 is 11.3 Å². The molecule has 0 radical (unpaired) electrons. The first-order chi connectivity index (χ1) is 13.7. The van der Waals surface area contributed by atoms with Gasteiger partial charge < -0.3 is 14.5 Å². The molecule has 1 aliphatic rings. The van der Waals surface area contributed by atoms with Gasteiger partial charge in [-0.05, 0) is 31.2 Å². The minimum Gasteiger partial charge on any atom is -0.494 e. The van der Waals surface area contributed by atoms with Gasteiger partial charge in [0.15, 0.2) is 4.96 Å². The Kier molecular flexibility index (Phi) is 5.29. The summed E-state index contributed by atoms with van der Waals surface area (Å²) in [5.41, 5.74) is 2.83. The van der Waals surface area contributed by atoms with Crippen molar-refractivity contribution in [3.63, 3.8) is 0 Å². The maximum atomic E-state index is 12.7. The molecule has 3 heterocycles. The first-order valence-corrected chi connectivity index (χ1v) is 10.2. The molecule has 0 aliphatic carbocycles. The Hall–Kier alpha value is -2.87. The molecule has 4 rings (SSSR count). The summed E-state index contributed by atoms with van der Waals surface area (Å²) >= 11 is 1.54. The summed E-state index contributed by atoms with van der Waals surface area (Å²) in [6, 6.07) is 7.87. The Balaban J connectivity index is 1.48. The number of carbonyl (C=O) groups is 2. The lowest BCUT2D eigenvalue weighted by Gasteiger charge is -2.32. The number of fused-ring (bicyclic) bond motifs is 1. The first-order valence-electron chi connectivity index (χ1n) is 9.33. The molecule has 1 aromatic carbocycles. The van der Waals surface area contributed by atoms with Crippen molar-refractivity contribution in [1.29, 1.82) is 0 Å². The molecule has 8 heteroatoms. The van der Waals surface area contributed by atoms with Gasteiger partial charge in [-0.25, -0.2) is 4.98 Å². The van der Waals surface area contributed by atoms with E-state index in [1.54, 1.807) is 4.90 Å². The second kappa shape index (κ2) is 8.02. The fourth-order valence-corrected chi connectivity index (χ4v) is 4.20. The third kappa shape index (κ3) is 3.73. The number of rotatable bonds is 6. The second-order valence-corrected chi connectivity index (χ2v) is 7.50. The molecule has 28 heavy (non-hydrogen) atoms. The predicted molar refractivity (Wildman–Crippen MR) is 108 cm³/mol. The van der Waals surface area contributed by atoms with Crippen molar-refractivity contribution in [3.05, 3.63) is 41.5 Å². The molecular weight excluding hydrogens is 376 g/mol. The number of benzene rings is 1. The zero-order valence-electron chi connectivity index (χ0n) is 15.7. The van der Waals surface area contributed by atoms with Crippen LogP contribution in [0.4, 0.5) is 0 Å².